The highest BCUT2D eigenvalue weighted by Crippen LogP contribution is 2.38. The standard InChI is InChI=1S/C34H30N2O7S2/c1-21-7-3-5-9-29(21)35-25-14-11-23(12-15-25)33(27-17-16-26(45(41,42)43)20-32(27)44(39)40)24-13-18-31(28(19-24)34(37)38)36-30-10-6-4-8-22(30)2/h3-20,33,35-36H,1-2H3,(H,37,38)(H,39,40)(H,41,42,43)/p-1. The maximum Gasteiger partial charge on any atom is 0.337 e. The van der Waals surface area contributed by atoms with Crippen molar-refractivity contribution in [2.75, 3.05) is 10.6 Å². The molecule has 0 spiro atoms. The first-order valence-electron chi connectivity index (χ1n) is 13.8. The minimum atomic E-state index is -4.69. The highest BCUT2D eigenvalue weighted by atomic mass is 32.2. The summed E-state index contributed by atoms with van der Waals surface area (Å²) in [7, 11) is -4.69. The van der Waals surface area contributed by atoms with Gasteiger partial charge >= 0.3 is 5.97 Å². The number of hydrogen-bond donors (Lipinski definition) is 4. The number of aryl methyl sites for hydroxylation is 2. The van der Waals surface area contributed by atoms with Gasteiger partial charge in [-0.2, -0.15) is 8.42 Å². The summed E-state index contributed by atoms with van der Waals surface area (Å²) in [5.74, 6) is -2.02. The summed E-state index contributed by atoms with van der Waals surface area (Å²) in [6.07, 6.45) is 0. The SMILES string of the molecule is Cc1ccccc1Nc1ccc(C(c2ccc(Nc3ccccc3C)c(C(=O)O)c2)c2ccc(S(=O)(=O)O)cc2S(=O)[O-])cc1. The van der Waals surface area contributed by atoms with E-state index in [-0.39, 0.29) is 16.0 Å². The number of carboxylic acids is 1. The Morgan fingerprint density at radius 2 is 1.33 bits per heavy atom. The van der Waals surface area contributed by atoms with E-state index in [1.54, 1.807) is 24.3 Å². The largest absolute Gasteiger partial charge is 0.768 e. The summed E-state index contributed by atoms with van der Waals surface area (Å²) in [5, 5.41) is 16.7. The Kier molecular flexibility index (Phi) is 9.16. The highest BCUT2D eigenvalue weighted by Gasteiger charge is 2.25. The number of benzene rings is 5. The van der Waals surface area contributed by atoms with E-state index in [1.165, 1.54) is 12.1 Å². The molecule has 0 aliphatic rings. The molecule has 11 heteroatoms. The molecular formula is C34H29N2O7S2-. The van der Waals surface area contributed by atoms with E-state index >= 15 is 0 Å². The molecule has 45 heavy (non-hydrogen) atoms. The lowest BCUT2D eigenvalue weighted by Crippen LogP contribution is -2.11. The molecule has 0 aliphatic heterocycles. The molecule has 9 nitrogen and oxygen atoms in total. The van der Waals surface area contributed by atoms with E-state index in [4.69, 9.17) is 0 Å². The predicted molar refractivity (Wildman–Crippen MR) is 173 cm³/mol. The first-order chi connectivity index (χ1) is 21.4. The van der Waals surface area contributed by atoms with Crippen LogP contribution in [0.4, 0.5) is 22.7 Å². The molecule has 0 aliphatic carbocycles. The average Bonchev–Trinajstić information content (AvgIpc) is 3.00. The molecule has 230 valence electrons. The van der Waals surface area contributed by atoms with Crippen molar-refractivity contribution < 1.29 is 31.6 Å². The Morgan fingerprint density at radius 3 is 1.89 bits per heavy atom. The van der Waals surface area contributed by atoms with Gasteiger partial charge in [0.15, 0.2) is 0 Å². The third-order valence-corrected chi connectivity index (χ3v) is 9.03. The van der Waals surface area contributed by atoms with Gasteiger partial charge in [0.1, 0.15) is 0 Å². The van der Waals surface area contributed by atoms with Crippen LogP contribution in [0.1, 0.15) is 44.1 Å². The molecule has 5 aromatic carbocycles. The normalized spacial score (nSPS) is 12.7. The smallest absolute Gasteiger partial charge is 0.337 e. The second-order valence-electron chi connectivity index (χ2n) is 10.5. The minimum Gasteiger partial charge on any atom is -0.768 e. The average molecular weight is 642 g/mol. The fourth-order valence-corrected chi connectivity index (χ4v) is 6.31. The van der Waals surface area contributed by atoms with Crippen molar-refractivity contribution in [3.63, 3.8) is 0 Å². The fourth-order valence-electron chi connectivity index (χ4n) is 5.12. The van der Waals surface area contributed by atoms with Crippen LogP contribution in [0.15, 0.2) is 119 Å². The molecule has 2 unspecified atom stereocenters. The van der Waals surface area contributed by atoms with Crippen molar-refractivity contribution in [3.8, 4) is 0 Å². The Labute approximate surface area is 263 Å². The summed E-state index contributed by atoms with van der Waals surface area (Å²) < 4.78 is 58.1. The third-order valence-electron chi connectivity index (χ3n) is 7.46. The number of nitrogens with one attached hydrogen (secondary N) is 2. The van der Waals surface area contributed by atoms with Crippen molar-refractivity contribution in [2.45, 2.75) is 29.6 Å². The number of para-hydroxylation sites is 2. The number of carbonyl (C=O) groups is 1. The number of hydrogen-bond acceptors (Lipinski definition) is 7. The number of anilines is 4. The molecule has 0 amide bonds. The topological polar surface area (TPSA) is 156 Å². The van der Waals surface area contributed by atoms with Crippen LogP contribution < -0.4 is 10.6 Å². The molecule has 0 bridgehead atoms. The second-order valence-corrected chi connectivity index (χ2v) is 12.8. The van der Waals surface area contributed by atoms with Crippen molar-refractivity contribution in [3.05, 3.63) is 143 Å². The summed E-state index contributed by atoms with van der Waals surface area (Å²) in [6.45, 7) is 3.87. The van der Waals surface area contributed by atoms with Crippen molar-refractivity contribution in [1.82, 2.24) is 0 Å². The summed E-state index contributed by atoms with van der Waals surface area (Å²) in [6, 6.07) is 30.5. The van der Waals surface area contributed by atoms with Crippen LogP contribution in [0, 0.1) is 13.8 Å². The second kappa shape index (κ2) is 13.0. The van der Waals surface area contributed by atoms with Crippen molar-refractivity contribution in [2.24, 2.45) is 0 Å². The van der Waals surface area contributed by atoms with Gasteiger partial charge in [0.25, 0.3) is 10.1 Å². The van der Waals surface area contributed by atoms with E-state index < -0.39 is 38.0 Å². The zero-order valence-corrected chi connectivity index (χ0v) is 25.9. The number of carboxylic acid groups (broad SMARTS) is 1. The molecule has 2 atom stereocenters. The van der Waals surface area contributed by atoms with Crippen LogP contribution in [0.3, 0.4) is 0 Å². The van der Waals surface area contributed by atoms with Gasteiger partial charge in [0.05, 0.1) is 16.1 Å². The van der Waals surface area contributed by atoms with Gasteiger partial charge in [-0.1, -0.05) is 60.7 Å². The third kappa shape index (κ3) is 7.13. The zero-order valence-electron chi connectivity index (χ0n) is 24.2. The van der Waals surface area contributed by atoms with Gasteiger partial charge in [-0.15, -0.1) is 0 Å². The molecule has 5 rings (SSSR count). The van der Waals surface area contributed by atoms with Gasteiger partial charge in [0.2, 0.25) is 0 Å². The lowest BCUT2D eigenvalue weighted by molar-refractivity contribution is 0.0697. The monoisotopic (exact) mass is 641 g/mol. The molecule has 0 fully saturated rings. The maximum absolute atomic E-state index is 12.5. The molecule has 0 heterocycles. The van der Waals surface area contributed by atoms with Crippen LogP contribution in [0.5, 0.6) is 0 Å². The van der Waals surface area contributed by atoms with E-state index in [9.17, 15) is 31.6 Å². The Hall–Kier alpha value is -4.81. The molecule has 0 saturated heterocycles. The Morgan fingerprint density at radius 1 is 0.756 bits per heavy atom. The van der Waals surface area contributed by atoms with Crippen LogP contribution in [0.2, 0.25) is 0 Å². The summed E-state index contributed by atoms with van der Waals surface area (Å²) in [5.41, 5.74) is 5.93. The van der Waals surface area contributed by atoms with Gasteiger partial charge in [0, 0.05) is 27.9 Å². The molecule has 0 aromatic heterocycles. The number of rotatable bonds is 10. The molecule has 0 saturated carbocycles. The van der Waals surface area contributed by atoms with Crippen LogP contribution in [-0.4, -0.2) is 32.8 Å². The van der Waals surface area contributed by atoms with Gasteiger partial charge in [-0.05, 0) is 101 Å². The Balaban J connectivity index is 1.65. The van der Waals surface area contributed by atoms with Crippen LogP contribution >= 0.6 is 0 Å². The molecular weight excluding hydrogens is 613 g/mol. The van der Waals surface area contributed by atoms with E-state index in [2.05, 4.69) is 10.6 Å². The lowest BCUT2D eigenvalue weighted by Gasteiger charge is -2.24. The molecule has 0 radical (unpaired) electrons. The maximum atomic E-state index is 12.5. The van der Waals surface area contributed by atoms with E-state index in [0.717, 1.165) is 40.3 Å². The fraction of sp³-hybridized carbons (Fsp3) is 0.0882. The van der Waals surface area contributed by atoms with Gasteiger partial charge < -0.3 is 20.3 Å². The lowest BCUT2D eigenvalue weighted by atomic mass is 9.84. The Bertz CT molecular complexity index is 2030. The van der Waals surface area contributed by atoms with Crippen LogP contribution in [-0.2, 0) is 21.2 Å². The van der Waals surface area contributed by atoms with Gasteiger partial charge in [-0.25, -0.2) is 4.79 Å². The van der Waals surface area contributed by atoms with Gasteiger partial charge in [-0.3, -0.25) is 8.76 Å². The van der Waals surface area contributed by atoms with Crippen LogP contribution in [0.25, 0.3) is 0 Å². The molecule has 4 N–H and O–H groups in total. The van der Waals surface area contributed by atoms with Crippen molar-refractivity contribution >= 4 is 49.9 Å². The van der Waals surface area contributed by atoms with E-state index in [0.29, 0.717) is 16.8 Å². The highest BCUT2D eigenvalue weighted by molar-refractivity contribution is 7.86. The first kappa shape index (κ1) is 31.6. The minimum absolute atomic E-state index is 0.0436. The predicted octanol–water partition coefficient (Wildman–Crippen LogP) is 7.15. The number of aromatic carboxylic acids is 1. The summed E-state index contributed by atoms with van der Waals surface area (Å²) in [4.78, 5) is 11.6. The van der Waals surface area contributed by atoms with E-state index in [1.807, 2.05) is 74.5 Å². The summed E-state index contributed by atoms with van der Waals surface area (Å²) >= 11 is -2.90. The van der Waals surface area contributed by atoms with Crippen molar-refractivity contribution in [1.29, 1.82) is 0 Å². The first-order valence-corrected chi connectivity index (χ1v) is 16.3. The zero-order chi connectivity index (χ0) is 32.3. The molecule has 5 aromatic rings. The quantitative estimate of drug-likeness (QED) is 0.0706.